The van der Waals surface area contributed by atoms with E-state index >= 15 is 0 Å². The maximum Gasteiger partial charge on any atom is 0.322 e. The van der Waals surface area contributed by atoms with Gasteiger partial charge in [-0.2, -0.15) is 0 Å². The predicted molar refractivity (Wildman–Crippen MR) is 72.2 cm³/mol. The average molecular weight is 314 g/mol. The number of halogens is 1. The minimum Gasteiger partial charge on any atom is -0.301 e. The summed E-state index contributed by atoms with van der Waals surface area (Å²) in [7, 11) is 0. The molecule has 0 amide bonds. The molecule has 2 aromatic heterocycles. The van der Waals surface area contributed by atoms with Gasteiger partial charge in [-0.15, -0.1) is 0 Å². The summed E-state index contributed by atoms with van der Waals surface area (Å²) in [5.74, 6) is 0. The molecule has 8 nitrogen and oxygen atoms in total. The van der Waals surface area contributed by atoms with Gasteiger partial charge >= 0.3 is 5.69 Å². The predicted octanol–water partition coefficient (Wildman–Crippen LogP) is 1.89. The summed E-state index contributed by atoms with van der Waals surface area (Å²) < 4.78 is 0. The zero-order valence-corrected chi connectivity index (χ0v) is 11.9. The maximum absolute atomic E-state index is 11.4. The number of hydrogen-bond donors (Lipinski definition) is 1. The second-order valence-electron chi connectivity index (χ2n) is 3.78. The van der Waals surface area contributed by atoms with E-state index in [2.05, 4.69) is 19.9 Å². The molecule has 0 bridgehead atoms. The van der Waals surface area contributed by atoms with Crippen LogP contribution in [0, 0.1) is 24.0 Å². The minimum absolute atomic E-state index is 0.0289. The second kappa shape index (κ2) is 5.55. The summed E-state index contributed by atoms with van der Waals surface area (Å²) >= 11 is 6.56. The van der Waals surface area contributed by atoms with Crippen LogP contribution in [0.5, 0.6) is 0 Å². The highest BCUT2D eigenvalue weighted by molar-refractivity contribution is 7.99. The Labute approximate surface area is 121 Å². The first kappa shape index (κ1) is 14.4. The van der Waals surface area contributed by atoms with Crippen LogP contribution in [0.3, 0.4) is 0 Å². The van der Waals surface area contributed by atoms with Crippen molar-refractivity contribution in [2.45, 2.75) is 24.0 Å². The van der Waals surface area contributed by atoms with Crippen LogP contribution >= 0.6 is 23.4 Å². The molecule has 0 atom stereocenters. The van der Waals surface area contributed by atoms with E-state index in [1.54, 1.807) is 6.92 Å². The SMILES string of the molecule is Cc1cc(=O)[nH]c(Sc2nc(Cl)nc(C)c2[N+](=O)[O-])n1. The third-order valence-corrected chi connectivity index (χ3v) is 3.26. The van der Waals surface area contributed by atoms with Crippen LogP contribution in [-0.2, 0) is 0 Å². The molecular formula is C10H8ClN5O3S. The van der Waals surface area contributed by atoms with Gasteiger partial charge < -0.3 is 4.98 Å². The Morgan fingerprint density at radius 3 is 2.65 bits per heavy atom. The number of nitrogens with one attached hydrogen (secondary N) is 1. The highest BCUT2D eigenvalue weighted by Gasteiger charge is 2.23. The topological polar surface area (TPSA) is 115 Å². The zero-order chi connectivity index (χ0) is 14.9. The third-order valence-electron chi connectivity index (χ3n) is 2.22. The molecule has 2 rings (SSSR count). The Balaban J connectivity index is 2.52. The highest BCUT2D eigenvalue weighted by Crippen LogP contribution is 2.33. The van der Waals surface area contributed by atoms with Crippen molar-refractivity contribution in [3.8, 4) is 0 Å². The van der Waals surface area contributed by atoms with Gasteiger partial charge in [0.2, 0.25) is 5.28 Å². The van der Waals surface area contributed by atoms with Gasteiger partial charge in [0.15, 0.2) is 10.2 Å². The van der Waals surface area contributed by atoms with Crippen molar-refractivity contribution in [3.63, 3.8) is 0 Å². The van der Waals surface area contributed by atoms with Crippen LogP contribution in [0.1, 0.15) is 11.4 Å². The summed E-state index contributed by atoms with van der Waals surface area (Å²) in [6.07, 6.45) is 0. The van der Waals surface area contributed by atoms with Gasteiger partial charge in [-0.1, -0.05) is 0 Å². The van der Waals surface area contributed by atoms with Crippen molar-refractivity contribution in [1.29, 1.82) is 0 Å². The summed E-state index contributed by atoms with van der Waals surface area (Å²) in [6.45, 7) is 3.11. The summed E-state index contributed by atoms with van der Waals surface area (Å²) in [6, 6.07) is 1.32. The first-order chi connectivity index (χ1) is 9.36. The van der Waals surface area contributed by atoms with Crippen molar-refractivity contribution < 1.29 is 4.92 Å². The molecule has 20 heavy (non-hydrogen) atoms. The molecule has 0 aromatic carbocycles. The number of aromatic amines is 1. The van der Waals surface area contributed by atoms with E-state index in [-0.39, 0.29) is 32.4 Å². The second-order valence-corrected chi connectivity index (χ2v) is 5.10. The molecule has 0 saturated carbocycles. The fraction of sp³-hybridized carbons (Fsp3) is 0.200. The number of nitrogens with zero attached hydrogens (tertiary/aromatic N) is 4. The lowest BCUT2D eigenvalue weighted by Gasteiger charge is -2.04. The molecule has 0 aliphatic rings. The van der Waals surface area contributed by atoms with Crippen molar-refractivity contribution in [2.24, 2.45) is 0 Å². The highest BCUT2D eigenvalue weighted by atomic mass is 35.5. The molecule has 104 valence electrons. The van der Waals surface area contributed by atoms with Crippen LogP contribution in [0.15, 0.2) is 21.0 Å². The maximum atomic E-state index is 11.4. The van der Waals surface area contributed by atoms with Gasteiger partial charge in [-0.05, 0) is 37.2 Å². The molecule has 0 aliphatic carbocycles. The molecule has 1 N–H and O–H groups in total. The van der Waals surface area contributed by atoms with Gasteiger partial charge in [-0.3, -0.25) is 14.9 Å². The Kier molecular flexibility index (Phi) is 4.00. The van der Waals surface area contributed by atoms with Gasteiger partial charge in [0.05, 0.1) is 4.92 Å². The van der Waals surface area contributed by atoms with E-state index in [9.17, 15) is 14.9 Å². The number of hydrogen-bond acceptors (Lipinski definition) is 7. The number of nitro groups is 1. The van der Waals surface area contributed by atoms with Gasteiger partial charge in [0.25, 0.3) is 5.56 Å². The fourth-order valence-corrected chi connectivity index (χ4v) is 2.72. The molecule has 0 unspecified atom stereocenters. The average Bonchev–Trinajstić information content (AvgIpc) is 2.25. The Morgan fingerprint density at radius 1 is 1.35 bits per heavy atom. The lowest BCUT2D eigenvalue weighted by molar-refractivity contribution is -0.389. The molecule has 2 heterocycles. The molecule has 10 heteroatoms. The normalized spacial score (nSPS) is 10.6. The molecule has 2 aromatic rings. The monoisotopic (exact) mass is 313 g/mol. The quantitative estimate of drug-likeness (QED) is 0.398. The fourth-order valence-electron chi connectivity index (χ4n) is 1.48. The number of H-pyrrole nitrogens is 1. The molecule has 0 radical (unpaired) electrons. The zero-order valence-electron chi connectivity index (χ0n) is 10.4. The van der Waals surface area contributed by atoms with Gasteiger partial charge in [-0.25, -0.2) is 15.0 Å². The van der Waals surface area contributed by atoms with E-state index < -0.39 is 4.92 Å². The first-order valence-corrected chi connectivity index (χ1v) is 6.50. The number of aryl methyl sites for hydroxylation is 2. The van der Waals surface area contributed by atoms with Crippen molar-refractivity contribution in [1.82, 2.24) is 19.9 Å². The van der Waals surface area contributed by atoms with E-state index in [1.165, 1.54) is 13.0 Å². The minimum atomic E-state index is -0.595. The van der Waals surface area contributed by atoms with Crippen LogP contribution in [0.2, 0.25) is 5.28 Å². The number of rotatable bonds is 3. The summed E-state index contributed by atoms with van der Waals surface area (Å²) in [5, 5.41) is 11.2. The lowest BCUT2D eigenvalue weighted by Crippen LogP contribution is -2.08. The first-order valence-electron chi connectivity index (χ1n) is 5.31. The summed E-state index contributed by atoms with van der Waals surface area (Å²) in [5.41, 5.74) is 0.0337. The van der Waals surface area contributed by atoms with E-state index in [1.807, 2.05) is 0 Å². The standard InChI is InChI=1S/C10H8ClN5O3S/c1-4-3-6(17)14-10(12-4)20-8-7(16(18)19)5(2)13-9(11)15-8/h3H,1-2H3,(H,12,14,17). The molecular weight excluding hydrogens is 306 g/mol. The van der Waals surface area contributed by atoms with E-state index in [0.717, 1.165) is 11.8 Å². The lowest BCUT2D eigenvalue weighted by atomic mass is 10.4. The largest absolute Gasteiger partial charge is 0.322 e. The van der Waals surface area contributed by atoms with Crippen LogP contribution in [0.25, 0.3) is 0 Å². The Hall–Kier alpha value is -2.00. The van der Waals surface area contributed by atoms with Crippen molar-refractivity contribution in [3.05, 3.63) is 43.2 Å². The smallest absolute Gasteiger partial charge is 0.301 e. The van der Waals surface area contributed by atoms with Gasteiger partial charge in [0.1, 0.15) is 5.69 Å². The third kappa shape index (κ3) is 3.11. The van der Waals surface area contributed by atoms with Crippen LogP contribution < -0.4 is 5.56 Å². The van der Waals surface area contributed by atoms with Gasteiger partial charge in [0, 0.05) is 11.8 Å². The molecule has 0 spiro atoms. The molecule has 0 aliphatic heterocycles. The van der Waals surface area contributed by atoms with Crippen LogP contribution in [-0.4, -0.2) is 24.9 Å². The van der Waals surface area contributed by atoms with Crippen LogP contribution in [0.4, 0.5) is 5.69 Å². The van der Waals surface area contributed by atoms with E-state index in [0.29, 0.717) is 5.69 Å². The van der Waals surface area contributed by atoms with Crippen molar-refractivity contribution >= 4 is 29.1 Å². The summed E-state index contributed by atoms with van der Waals surface area (Å²) in [4.78, 5) is 35.9. The van der Waals surface area contributed by atoms with Crippen molar-refractivity contribution in [2.75, 3.05) is 0 Å². The molecule has 0 fully saturated rings. The number of aromatic nitrogens is 4. The Morgan fingerprint density at radius 2 is 2.05 bits per heavy atom. The van der Waals surface area contributed by atoms with E-state index in [4.69, 9.17) is 11.6 Å². The Bertz CT molecular complexity index is 748. The molecule has 0 saturated heterocycles.